The van der Waals surface area contributed by atoms with Crippen LogP contribution in [0.5, 0.6) is 0 Å². The summed E-state index contributed by atoms with van der Waals surface area (Å²) in [5.74, 6) is -1.77. The van der Waals surface area contributed by atoms with Gasteiger partial charge in [0.1, 0.15) is 5.82 Å². The second kappa shape index (κ2) is 8.49. The van der Waals surface area contributed by atoms with Gasteiger partial charge in [0.25, 0.3) is 5.91 Å². The molecular formula is C23H25F4N3O. The molecule has 1 amide bonds. The second-order valence-corrected chi connectivity index (χ2v) is 8.31. The first-order valence-corrected chi connectivity index (χ1v) is 10.4. The lowest BCUT2D eigenvalue weighted by molar-refractivity contribution is -0.137. The minimum atomic E-state index is -4.63. The van der Waals surface area contributed by atoms with Gasteiger partial charge in [0.05, 0.1) is 11.1 Å². The first-order chi connectivity index (χ1) is 14.7. The Balaban J connectivity index is 1.51. The Morgan fingerprint density at radius 3 is 2.55 bits per heavy atom. The summed E-state index contributed by atoms with van der Waals surface area (Å²) < 4.78 is 53.0. The van der Waals surface area contributed by atoms with Crippen LogP contribution in [0.25, 0.3) is 0 Å². The highest BCUT2D eigenvalue weighted by Crippen LogP contribution is 2.32. The third-order valence-electron chi connectivity index (χ3n) is 6.18. The Hall–Kier alpha value is -2.61. The van der Waals surface area contributed by atoms with E-state index in [9.17, 15) is 22.4 Å². The van der Waals surface area contributed by atoms with Gasteiger partial charge in [-0.1, -0.05) is 12.1 Å². The number of nitrogens with one attached hydrogen (secondary N) is 1. The average molecular weight is 435 g/mol. The molecule has 0 saturated carbocycles. The van der Waals surface area contributed by atoms with Crippen LogP contribution in [0, 0.1) is 5.82 Å². The van der Waals surface area contributed by atoms with Crippen molar-refractivity contribution in [3.05, 3.63) is 64.5 Å². The lowest BCUT2D eigenvalue weighted by Crippen LogP contribution is -2.45. The fraction of sp³-hybridized carbons (Fsp3) is 0.435. The quantitative estimate of drug-likeness (QED) is 0.744. The number of anilines is 1. The number of aryl methyl sites for hydroxylation is 1. The Morgan fingerprint density at radius 2 is 1.84 bits per heavy atom. The number of hydrogen-bond acceptors (Lipinski definition) is 3. The van der Waals surface area contributed by atoms with Crippen molar-refractivity contribution in [3.63, 3.8) is 0 Å². The Bertz CT molecular complexity index is 968. The summed E-state index contributed by atoms with van der Waals surface area (Å²) in [7, 11) is 2.09. The fourth-order valence-electron chi connectivity index (χ4n) is 4.37. The maximum absolute atomic E-state index is 14.1. The molecule has 31 heavy (non-hydrogen) atoms. The van der Waals surface area contributed by atoms with E-state index in [1.807, 2.05) is 6.07 Å². The third-order valence-corrected chi connectivity index (χ3v) is 6.18. The number of amides is 1. The van der Waals surface area contributed by atoms with Crippen molar-refractivity contribution in [3.8, 4) is 0 Å². The van der Waals surface area contributed by atoms with Crippen molar-refractivity contribution in [2.45, 2.75) is 31.5 Å². The maximum Gasteiger partial charge on any atom is 0.416 e. The molecule has 0 aromatic heterocycles. The van der Waals surface area contributed by atoms with Crippen molar-refractivity contribution in [2.75, 3.05) is 38.1 Å². The third kappa shape index (κ3) is 4.69. The van der Waals surface area contributed by atoms with E-state index in [-0.39, 0.29) is 6.04 Å². The number of hydrogen-bond donors (Lipinski definition) is 1. The van der Waals surface area contributed by atoms with E-state index >= 15 is 0 Å². The first-order valence-electron chi connectivity index (χ1n) is 10.4. The highest BCUT2D eigenvalue weighted by atomic mass is 19.4. The highest BCUT2D eigenvalue weighted by molar-refractivity contribution is 5.95. The normalized spacial score (nSPS) is 19.8. The number of piperazine rings is 1. The maximum atomic E-state index is 14.1. The molecule has 0 radical (unpaired) electrons. The Labute approximate surface area is 178 Å². The number of nitrogens with zero attached hydrogens (tertiary/aromatic N) is 2. The largest absolute Gasteiger partial charge is 0.416 e. The summed E-state index contributed by atoms with van der Waals surface area (Å²) in [6, 6.07) is 7.87. The van der Waals surface area contributed by atoms with Gasteiger partial charge in [0.15, 0.2) is 0 Å². The van der Waals surface area contributed by atoms with Crippen LogP contribution < -0.4 is 10.2 Å². The van der Waals surface area contributed by atoms with Gasteiger partial charge in [-0.3, -0.25) is 4.79 Å². The van der Waals surface area contributed by atoms with Crippen LogP contribution >= 0.6 is 0 Å². The molecule has 1 aliphatic heterocycles. The van der Waals surface area contributed by atoms with Gasteiger partial charge < -0.3 is 15.1 Å². The molecule has 2 aromatic rings. The standard InChI is InChI=1S/C23H25F4N3O/c1-29-9-11-30(12-10-29)21-4-2-3-15-5-7-17(14-18(15)21)28-22(31)19-13-16(23(25,26)27)6-8-20(19)24/h2-4,6,8,13,17H,5,7,9-12,14H2,1H3,(H,28,31)/t17-/m1/s1. The van der Waals surface area contributed by atoms with Gasteiger partial charge in [0.2, 0.25) is 0 Å². The van der Waals surface area contributed by atoms with E-state index in [0.29, 0.717) is 31.0 Å². The predicted molar refractivity (Wildman–Crippen MR) is 111 cm³/mol. The average Bonchev–Trinajstić information content (AvgIpc) is 2.73. The molecule has 2 aliphatic rings. The van der Waals surface area contributed by atoms with E-state index in [0.717, 1.165) is 43.9 Å². The lowest BCUT2D eigenvalue weighted by atomic mass is 9.86. The molecule has 1 atom stereocenters. The molecule has 1 heterocycles. The molecule has 166 valence electrons. The molecular weight excluding hydrogens is 410 g/mol. The van der Waals surface area contributed by atoms with Crippen LogP contribution in [-0.2, 0) is 19.0 Å². The van der Waals surface area contributed by atoms with Crippen LogP contribution in [0.3, 0.4) is 0 Å². The van der Waals surface area contributed by atoms with Crippen molar-refractivity contribution in [1.82, 2.24) is 10.2 Å². The Morgan fingerprint density at radius 1 is 1.10 bits per heavy atom. The van der Waals surface area contributed by atoms with E-state index in [1.54, 1.807) is 0 Å². The number of halogens is 4. The summed E-state index contributed by atoms with van der Waals surface area (Å²) in [4.78, 5) is 17.2. The summed E-state index contributed by atoms with van der Waals surface area (Å²) in [5, 5.41) is 2.76. The summed E-state index contributed by atoms with van der Waals surface area (Å²) in [6.45, 7) is 3.77. The van der Waals surface area contributed by atoms with Crippen molar-refractivity contribution >= 4 is 11.6 Å². The number of fused-ring (bicyclic) bond motifs is 1. The van der Waals surface area contributed by atoms with Crippen LogP contribution in [0.2, 0.25) is 0 Å². The van der Waals surface area contributed by atoms with Gasteiger partial charge in [0, 0.05) is 37.9 Å². The molecule has 1 saturated heterocycles. The van der Waals surface area contributed by atoms with Gasteiger partial charge in [-0.2, -0.15) is 13.2 Å². The minimum Gasteiger partial charge on any atom is -0.369 e. The zero-order chi connectivity index (χ0) is 22.2. The molecule has 4 rings (SSSR count). The Kier molecular flexibility index (Phi) is 5.92. The zero-order valence-electron chi connectivity index (χ0n) is 17.3. The van der Waals surface area contributed by atoms with E-state index in [2.05, 4.69) is 34.3 Å². The fourth-order valence-corrected chi connectivity index (χ4v) is 4.37. The number of carbonyl (C=O) groups is 1. The number of carbonyl (C=O) groups excluding carboxylic acids is 1. The zero-order valence-corrected chi connectivity index (χ0v) is 17.3. The van der Waals surface area contributed by atoms with Gasteiger partial charge >= 0.3 is 6.18 Å². The van der Waals surface area contributed by atoms with E-state index < -0.39 is 29.0 Å². The molecule has 0 bridgehead atoms. The van der Waals surface area contributed by atoms with Gasteiger partial charge in [-0.25, -0.2) is 4.39 Å². The van der Waals surface area contributed by atoms with E-state index in [1.165, 1.54) is 5.56 Å². The second-order valence-electron chi connectivity index (χ2n) is 8.31. The first kappa shape index (κ1) is 21.6. The topological polar surface area (TPSA) is 35.6 Å². The van der Waals surface area contributed by atoms with Crippen LogP contribution in [0.4, 0.5) is 23.2 Å². The molecule has 0 unspecified atom stereocenters. The number of rotatable bonds is 3. The predicted octanol–water partition coefficient (Wildman–Crippen LogP) is 3.88. The van der Waals surface area contributed by atoms with Crippen molar-refractivity contribution in [2.24, 2.45) is 0 Å². The summed E-state index contributed by atoms with van der Waals surface area (Å²) in [6.07, 6.45) is -2.65. The van der Waals surface area contributed by atoms with Gasteiger partial charge in [-0.15, -0.1) is 0 Å². The van der Waals surface area contributed by atoms with Gasteiger partial charge in [-0.05, 0) is 61.7 Å². The molecule has 2 aromatic carbocycles. The highest BCUT2D eigenvalue weighted by Gasteiger charge is 2.32. The number of alkyl halides is 3. The monoisotopic (exact) mass is 435 g/mol. The molecule has 1 fully saturated rings. The van der Waals surface area contributed by atoms with E-state index in [4.69, 9.17) is 0 Å². The van der Waals surface area contributed by atoms with Crippen LogP contribution in [0.1, 0.15) is 33.5 Å². The van der Waals surface area contributed by atoms with Crippen LogP contribution in [0.15, 0.2) is 36.4 Å². The summed E-state index contributed by atoms with van der Waals surface area (Å²) >= 11 is 0. The smallest absolute Gasteiger partial charge is 0.369 e. The van der Waals surface area contributed by atoms with Crippen molar-refractivity contribution < 1.29 is 22.4 Å². The molecule has 1 aliphatic carbocycles. The summed E-state index contributed by atoms with van der Waals surface area (Å²) in [5.41, 5.74) is 1.92. The van der Waals surface area contributed by atoms with Crippen molar-refractivity contribution in [1.29, 1.82) is 0 Å². The SMILES string of the molecule is CN1CCN(c2cccc3c2C[C@H](NC(=O)c2cc(C(F)(F)F)ccc2F)CC3)CC1. The molecule has 8 heteroatoms. The molecule has 4 nitrogen and oxygen atoms in total. The number of benzene rings is 2. The molecule has 1 N–H and O–H groups in total. The lowest BCUT2D eigenvalue weighted by Gasteiger charge is -2.37. The van der Waals surface area contributed by atoms with Crippen LogP contribution in [-0.4, -0.2) is 50.1 Å². The number of likely N-dealkylation sites (N-methyl/N-ethyl adjacent to an activating group) is 1. The molecule has 0 spiro atoms. The minimum absolute atomic E-state index is 0.262.